The van der Waals surface area contributed by atoms with E-state index in [-0.39, 0.29) is 5.41 Å². The number of hydrogen-bond donors (Lipinski definition) is 0. The second kappa shape index (κ2) is 12.0. The Kier molecular flexibility index (Phi) is 6.98. The van der Waals surface area contributed by atoms with Crippen LogP contribution in [0.3, 0.4) is 0 Å². The summed E-state index contributed by atoms with van der Waals surface area (Å²) in [6.45, 7) is 0. The van der Waals surface area contributed by atoms with Gasteiger partial charge in [0.05, 0.1) is 0 Å². The van der Waals surface area contributed by atoms with Crippen molar-refractivity contribution in [2.45, 2.75) is 56.3 Å². The lowest BCUT2D eigenvalue weighted by Gasteiger charge is -2.61. The standard InChI is InChI=1S/C53H44S/c1-2-9-39-32-40(23-18-36(39)8-1)43(37-19-21-38(22-20-37)44-12-7-13-48-47-11-4-6-15-51(47)54-52(44)48)24-16-33-17-25-46-45-10-3-5-14-49(45)53(50(46)31-33)41-27-34-26-35(29-41)30-42(53)28-34/h1-15,17-23,25,31-32,34-35,41-43H,16,24,26-30H2. The smallest absolute Gasteiger partial charge is 0.0433 e. The molecule has 7 aromatic carbocycles. The zero-order chi connectivity index (χ0) is 35.4. The van der Waals surface area contributed by atoms with E-state index in [1.807, 2.05) is 11.3 Å². The molecule has 4 fully saturated rings. The Balaban J connectivity index is 0.917. The molecule has 5 aliphatic carbocycles. The molecule has 0 N–H and O–H groups in total. The van der Waals surface area contributed by atoms with E-state index in [9.17, 15) is 0 Å². The number of aryl methyl sites for hydroxylation is 1. The fraction of sp³-hybridized carbons (Fsp3) is 0.245. The molecule has 4 saturated carbocycles. The molecule has 262 valence electrons. The van der Waals surface area contributed by atoms with Crippen molar-refractivity contribution < 1.29 is 0 Å². The third kappa shape index (κ3) is 4.61. The third-order valence-corrected chi connectivity index (χ3v) is 15.8. The number of benzene rings is 7. The maximum atomic E-state index is 2.70. The van der Waals surface area contributed by atoms with Crippen LogP contribution in [0.1, 0.15) is 72.3 Å². The van der Waals surface area contributed by atoms with Crippen molar-refractivity contribution >= 4 is 42.3 Å². The van der Waals surface area contributed by atoms with Crippen LogP contribution < -0.4 is 0 Å². The fourth-order valence-electron chi connectivity index (χ4n) is 12.5. The minimum absolute atomic E-state index is 0.222. The molecule has 0 aliphatic heterocycles. The average Bonchev–Trinajstić information content (AvgIpc) is 3.74. The van der Waals surface area contributed by atoms with Crippen LogP contribution in [0.15, 0.2) is 152 Å². The summed E-state index contributed by atoms with van der Waals surface area (Å²) in [5, 5.41) is 5.36. The fourth-order valence-corrected chi connectivity index (χ4v) is 13.7. The first-order valence-corrected chi connectivity index (χ1v) is 21.2. The lowest BCUT2D eigenvalue weighted by Crippen LogP contribution is -2.55. The predicted molar refractivity (Wildman–Crippen MR) is 229 cm³/mol. The van der Waals surface area contributed by atoms with Crippen LogP contribution in [0.25, 0.3) is 53.2 Å². The zero-order valence-electron chi connectivity index (χ0n) is 30.7. The van der Waals surface area contributed by atoms with Crippen molar-refractivity contribution in [2.24, 2.45) is 23.7 Å². The van der Waals surface area contributed by atoms with Gasteiger partial charge in [0.25, 0.3) is 0 Å². The third-order valence-electron chi connectivity index (χ3n) is 14.5. The topological polar surface area (TPSA) is 0 Å². The summed E-state index contributed by atoms with van der Waals surface area (Å²) in [5.41, 5.74) is 13.6. The van der Waals surface area contributed by atoms with E-state index in [0.29, 0.717) is 5.92 Å². The van der Waals surface area contributed by atoms with Crippen LogP contribution in [0, 0.1) is 23.7 Å². The van der Waals surface area contributed by atoms with Crippen molar-refractivity contribution in [1.29, 1.82) is 0 Å². The highest BCUT2D eigenvalue weighted by molar-refractivity contribution is 7.26. The first kappa shape index (κ1) is 31.4. The molecule has 8 aromatic rings. The minimum atomic E-state index is 0.222. The predicted octanol–water partition coefficient (Wildman–Crippen LogP) is 14.4. The summed E-state index contributed by atoms with van der Waals surface area (Å²) in [4.78, 5) is 0. The maximum Gasteiger partial charge on any atom is 0.0433 e. The highest BCUT2D eigenvalue weighted by Crippen LogP contribution is 2.69. The van der Waals surface area contributed by atoms with Crippen LogP contribution >= 0.6 is 11.3 Å². The van der Waals surface area contributed by atoms with E-state index in [1.54, 1.807) is 11.1 Å². The molecule has 1 spiro atoms. The Morgan fingerprint density at radius 3 is 2.06 bits per heavy atom. The number of rotatable bonds is 6. The van der Waals surface area contributed by atoms with Gasteiger partial charge in [0.15, 0.2) is 0 Å². The maximum absolute atomic E-state index is 2.70. The summed E-state index contributed by atoms with van der Waals surface area (Å²) in [6, 6.07) is 58.5. The summed E-state index contributed by atoms with van der Waals surface area (Å²) in [6.07, 6.45) is 9.38. The van der Waals surface area contributed by atoms with E-state index in [2.05, 4.69) is 152 Å². The van der Waals surface area contributed by atoms with Crippen molar-refractivity contribution in [3.8, 4) is 22.3 Å². The molecular formula is C53H44S. The molecule has 1 heteroatoms. The molecule has 0 nitrogen and oxygen atoms in total. The first-order valence-electron chi connectivity index (χ1n) is 20.4. The van der Waals surface area contributed by atoms with Crippen LogP contribution in [0.5, 0.6) is 0 Å². The summed E-state index contributed by atoms with van der Waals surface area (Å²) < 4.78 is 2.74. The van der Waals surface area contributed by atoms with E-state index < -0.39 is 0 Å². The number of thiophene rings is 1. The highest BCUT2D eigenvalue weighted by Gasteiger charge is 2.61. The van der Waals surface area contributed by atoms with E-state index in [1.165, 1.54) is 102 Å². The van der Waals surface area contributed by atoms with Gasteiger partial charge in [0, 0.05) is 31.5 Å². The van der Waals surface area contributed by atoms with E-state index in [4.69, 9.17) is 0 Å². The van der Waals surface area contributed by atoms with Gasteiger partial charge in [-0.3, -0.25) is 0 Å². The molecule has 5 aliphatic rings. The molecule has 0 saturated heterocycles. The molecule has 1 heterocycles. The second-order valence-electron chi connectivity index (χ2n) is 17.2. The molecule has 54 heavy (non-hydrogen) atoms. The van der Waals surface area contributed by atoms with E-state index in [0.717, 1.165) is 36.5 Å². The van der Waals surface area contributed by atoms with Gasteiger partial charge in [-0.2, -0.15) is 0 Å². The molecule has 1 atom stereocenters. The Morgan fingerprint density at radius 2 is 1.20 bits per heavy atom. The Labute approximate surface area is 322 Å². The van der Waals surface area contributed by atoms with Gasteiger partial charge < -0.3 is 0 Å². The van der Waals surface area contributed by atoms with Crippen LogP contribution in [-0.4, -0.2) is 0 Å². The van der Waals surface area contributed by atoms with Gasteiger partial charge in [-0.25, -0.2) is 0 Å². The van der Waals surface area contributed by atoms with Gasteiger partial charge in [-0.15, -0.1) is 11.3 Å². The lowest BCUT2D eigenvalue weighted by molar-refractivity contribution is -0.0399. The van der Waals surface area contributed by atoms with Crippen molar-refractivity contribution in [2.75, 3.05) is 0 Å². The van der Waals surface area contributed by atoms with Crippen molar-refractivity contribution in [1.82, 2.24) is 0 Å². The molecule has 0 amide bonds. The van der Waals surface area contributed by atoms with Crippen LogP contribution in [0.2, 0.25) is 0 Å². The van der Waals surface area contributed by atoms with Crippen LogP contribution in [-0.2, 0) is 11.8 Å². The average molecular weight is 713 g/mol. The lowest BCUT2D eigenvalue weighted by atomic mass is 9.43. The molecule has 13 rings (SSSR count). The Morgan fingerprint density at radius 1 is 0.519 bits per heavy atom. The largest absolute Gasteiger partial charge is 0.135 e. The zero-order valence-corrected chi connectivity index (χ0v) is 31.5. The number of hydrogen-bond acceptors (Lipinski definition) is 1. The van der Waals surface area contributed by atoms with Gasteiger partial charge in [0.1, 0.15) is 0 Å². The quantitative estimate of drug-likeness (QED) is 0.161. The second-order valence-corrected chi connectivity index (χ2v) is 18.3. The van der Waals surface area contributed by atoms with Gasteiger partial charge in [0.2, 0.25) is 0 Å². The molecule has 0 radical (unpaired) electrons. The monoisotopic (exact) mass is 712 g/mol. The SMILES string of the molecule is c1ccc2c(c1)-c1ccc(CCC(c3ccc(-c4cccc5c4sc4ccccc45)cc3)c3ccc4ccccc4c3)cc1C21C2CC3CC(C2)CC1C3. The first-order chi connectivity index (χ1) is 26.7. The number of fused-ring (bicyclic) bond motifs is 7. The summed E-state index contributed by atoms with van der Waals surface area (Å²) >= 11 is 1.92. The van der Waals surface area contributed by atoms with Gasteiger partial charge in [-0.05, 0) is 136 Å². The molecule has 1 aromatic heterocycles. The van der Waals surface area contributed by atoms with E-state index >= 15 is 0 Å². The highest BCUT2D eigenvalue weighted by atomic mass is 32.1. The van der Waals surface area contributed by atoms with Crippen molar-refractivity contribution in [3.63, 3.8) is 0 Å². The molecule has 4 bridgehead atoms. The molecule has 1 unspecified atom stereocenters. The van der Waals surface area contributed by atoms with Crippen molar-refractivity contribution in [3.05, 3.63) is 179 Å². The van der Waals surface area contributed by atoms with Gasteiger partial charge in [-0.1, -0.05) is 146 Å². The normalized spacial score (nSPS) is 24.1. The Hall–Kier alpha value is -4.98. The van der Waals surface area contributed by atoms with Gasteiger partial charge >= 0.3 is 0 Å². The van der Waals surface area contributed by atoms with Crippen LogP contribution in [0.4, 0.5) is 0 Å². The summed E-state index contributed by atoms with van der Waals surface area (Å²) in [7, 11) is 0. The minimum Gasteiger partial charge on any atom is -0.135 e. The summed E-state index contributed by atoms with van der Waals surface area (Å²) in [5.74, 6) is 3.83. The molecular weight excluding hydrogens is 669 g/mol. The Bertz CT molecular complexity index is 2720.